The number of hydrogen-bond donors (Lipinski definition) is 1. The van der Waals surface area contributed by atoms with E-state index in [0.29, 0.717) is 0 Å². The van der Waals surface area contributed by atoms with Crippen LogP contribution in [0.25, 0.3) is 0 Å². The highest BCUT2D eigenvalue weighted by Gasteiger charge is 2.43. The molecule has 3 nitrogen and oxygen atoms in total. The van der Waals surface area contributed by atoms with E-state index < -0.39 is 0 Å². The first-order valence-corrected chi connectivity index (χ1v) is 7.04. The lowest BCUT2D eigenvalue weighted by Gasteiger charge is -2.39. The Bertz CT molecular complexity index is 433. The van der Waals surface area contributed by atoms with Crippen LogP contribution in [0.5, 0.6) is 5.75 Å². The summed E-state index contributed by atoms with van der Waals surface area (Å²) in [6.07, 6.45) is 5.24. The summed E-state index contributed by atoms with van der Waals surface area (Å²) in [5, 5.41) is 0. The van der Waals surface area contributed by atoms with Crippen LogP contribution in [0.1, 0.15) is 50.5 Å². The minimum Gasteiger partial charge on any atom is -0.497 e. The molecule has 1 saturated carbocycles. The highest BCUT2D eigenvalue weighted by atomic mass is 16.5. The number of methoxy groups -OCH3 is 1. The van der Waals surface area contributed by atoms with Crippen LogP contribution in [0.3, 0.4) is 0 Å². The first kappa shape index (κ1) is 13.9. The molecule has 3 heteroatoms. The Morgan fingerprint density at radius 3 is 2.26 bits per heavy atom. The van der Waals surface area contributed by atoms with Crippen molar-refractivity contribution < 1.29 is 9.53 Å². The predicted molar refractivity (Wildman–Crippen MR) is 76.1 cm³/mol. The molecule has 2 rings (SSSR count). The summed E-state index contributed by atoms with van der Waals surface area (Å²) in [6, 6.07) is 7.98. The van der Waals surface area contributed by atoms with Gasteiger partial charge in [0.25, 0.3) is 0 Å². The van der Waals surface area contributed by atoms with Gasteiger partial charge < -0.3 is 10.5 Å². The number of benzene rings is 1. The van der Waals surface area contributed by atoms with E-state index in [-0.39, 0.29) is 17.2 Å². The summed E-state index contributed by atoms with van der Waals surface area (Å²) in [4.78, 5) is 12.0. The van der Waals surface area contributed by atoms with Gasteiger partial charge in [-0.25, -0.2) is 0 Å². The normalized spacial score (nSPS) is 19.7. The number of carbonyl (C=O) groups is 1. The molecule has 1 aromatic rings. The molecule has 104 valence electrons. The second-order valence-electron chi connectivity index (χ2n) is 5.58. The van der Waals surface area contributed by atoms with Crippen LogP contribution in [0, 0.1) is 5.41 Å². The van der Waals surface area contributed by atoms with Crippen molar-refractivity contribution >= 4 is 5.91 Å². The number of rotatable bonds is 4. The highest BCUT2D eigenvalue weighted by Crippen LogP contribution is 2.47. The maximum absolute atomic E-state index is 12.0. The van der Waals surface area contributed by atoms with Crippen molar-refractivity contribution in [3.8, 4) is 5.75 Å². The van der Waals surface area contributed by atoms with E-state index in [2.05, 4.69) is 6.92 Å². The van der Waals surface area contributed by atoms with Crippen LogP contribution in [0.15, 0.2) is 24.3 Å². The smallest absolute Gasteiger partial charge is 0.224 e. The molecule has 1 aromatic carbocycles. The van der Waals surface area contributed by atoms with Crippen LogP contribution in [-0.4, -0.2) is 13.0 Å². The molecule has 0 saturated heterocycles. The van der Waals surface area contributed by atoms with E-state index >= 15 is 0 Å². The van der Waals surface area contributed by atoms with E-state index in [0.717, 1.165) is 31.4 Å². The average molecular weight is 261 g/mol. The molecular formula is C16H23NO2. The summed E-state index contributed by atoms with van der Waals surface area (Å²) in [5.41, 5.74) is 6.53. The fraction of sp³-hybridized carbons (Fsp3) is 0.562. The maximum atomic E-state index is 12.0. The zero-order valence-corrected chi connectivity index (χ0v) is 11.8. The minimum absolute atomic E-state index is 0.143. The molecule has 0 radical (unpaired) electrons. The number of amides is 1. The summed E-state index contributed by atoms with van der Waals surface area (Å²) >= 11 is 0. The van der Waals surface area contributed by atoms with Crippen LogP contribution in [-0.2, 0) is 4.79 Å². The molecular weight excluding hydrogens is 238 g/mol. The van der Waals surface area contributed by atoms with E-state index in [1.54, 1.807) is 7.11 Å². The molecule has 19 heavy (non-hydrogen) atoms. The van der Waals surface area contributed by atoms with Gasteiger partial charge in [0.2, 0.25) is 5.91 Å². The monoisotopic (exact) mass is 261 g/mol. The summed E-state index contributed by atoms with van der Waals surface area (Å²) in [6.45, 7) is 2.12. The highest BCUT2D eigenvalue weighted by molar-refractivity contribution is 5.82. The maximum Gasteiger partial charge on any atom is 0.224 e. The average Bonchev–Trinajstić information content (AvgIpc) is 2.47. The SMILES string of the molecule is COc1ccc(C(C)C2(C(N)=O)CCCCC2)cc1. The van der Waals surface area contributed by atoms with Crippen molar-refractivity contribution in [1.82, 2.24) is 0 Å². The second kappa shape index (κ2) is 5.64. The Morgan fingerprint density at radius 2 is 1.79 bits per heavy atom. The minimum atomic E-state index is -0.368. The third-order valence-electron chi connectivity index (χ3n) is 4.68. The van der Waals surface area contributed by atoms with Gasteiger partial charge in [0.1, 0.15) is 5.75 Å². The lowest BCUT2D eigenvalue weighted by atomic mass is 9.64. The first-order valence-electron chi connectivity index (χ1n) is 7.04. The molecule has 1 fully saturated rings. The summed E-state index contributed by atoms with van der Waals surface area (Å²) in [7, 11) is 1.66. The van der Waals surface area contributed by atoms with Crippen LogP contribution in [0.2, 0.25) is 0 Å². The van der Waals surface area contributed by atoms with E-state index in [4.69, 9.17) is 10.5 Å². The van der Waals surface area contributed by atoms with Gasteiger partial charge in [0.15, 0.2) is 0 Å². The quantitative estimate of drug-likeness (QED) is 0.904. The van der Waals surface area contributed by atoms with Crippen LogP contribution in [0.4, 0.5) is 0 Å². The fourth-order valence-electron chi connectivity index (χ4n) is 3.29. The Hall–Kier alpha value is -1.51. The Labute approximate surface area is 115 Å². The van der Waals surface area contributed by atoms with Crippen molar-refractivity contribution in [2.75, 3.05) is 7.11 Å². The Morgan fingerprint density at radius 1 is 1.21 bits per heavy atom. The predicted octanol–water partition coefficient (Wildman–Crippen LogP) is 3.23. The van der Waals surface area contributed by atoms with Crippen molar-refractivity contribution in [2.45, 2.75) is 44.9 Å². The molecule has 0 bridgehead atoms. The van der Waals surface area contributed by atoms with Gasteiger partial charge >= 0.3 is 0 Å². The second-order valence-corrected chi connectivity index (χ2v) is 5.58. The van der Waals surface area contributed by atoms with Gasteiger partial charge in [-0.2, -0.15) is 0 Å². The van der Waals surface area contributed by atoms with E-state index in [9.17, 15) is 4.79 Å². The molecule has 2 N–H and O–H groups in total. The molecule has 0 aliphatic heterocycles. The topological polar surface area (TPSA) is 52.3 Å². The van der Waals surface area contributed by atoms with Gasteiger partial charge in [0.05, 0.1) is 12.5 Å². The lowest BCUT2D eigenvalue weighted by Crippen LogP contribution is -2.42. The molecule has 1 unspecified atom stereocenters. The van der Waals surface area contributed by atoms with Gasteiger partial charge in [-0.3, -0.25) is 4.79 Å². The number of primary amides is 1. The molecule has 0 spiro atoms. The fourth-order valence-corrected chi connectivity index (χ4v) is 3.29. The third kappa shape index (κ3) is 2.60. The number of hydrogen-bond acceptors (Lipinski definition) is 2. The lowest BCUT2D eigenvalue weighted by molar-refractivity contribution is -0.130. The largest absolute Gasteiger partial charge is 0.497 e. The van der Waals surface area contributed by atoms with Crippen LogP contribution >= 0.6 is 0 Å². The standard InChI is InChI=1S/C16H23NO2/c1-12(13-6-8-14(19-2)9-7-13)16(15(17)18)10-4-3-5-11-16/h6-9,12H,3-5,10-11H2,1-2H3,(H2,17,18). The van der Waals surface area contributed by atoms with E-state index in [1.807, 2.05) is 24.3 Å². The molecule has 0 heterocycles. The summed E-state index contributed by atoms with van der Waals surface area (Å²) in [5.74, 6) is 0.861. The van der Waals surface area contributed by atoms with Gasteiger partial charge in [-0.05, 0) is 36.5 Å². The van der Waals surface area contributed by atoms with Gasteiger partial charge in [-0.15, -0.1) is 0 Å². The van der Waals surface area contributed by atoms with Crippen molar-refractivity contribution in [3.63, 3.8) is 0 Å². The number of nitrogens with two attached hydrogens (primary N) is 1. The number of ether oxygens (including phenoxy) is 1. The van der Waals surface area contributed by atoms with Gasteiger partial charge in [-0.1, -0.05) is 38.3 Å². The van der Waals surface area contributed by atoms with E-state index in [1.165, 1.54) is 12.0 Å². The van der Waals surface area contributed by atoms with Gasteiger partial charge in [0, 0.05) is 0 Å². The zero-order valence-electron chi connectivity index (χ0n) is 11.8. The Balaban J connectivity index is 2.27. The molecule has 1 aliphatic carbocycles. The molecule has 0 aromatic heterocycles. The zero-order chi connectivity index (χ0) is 13.9. The third-order valence-corrected chi connectivity index (χ3v) is 4.68. The molecule has 1 amide bonds. The van der Waals surface area contributed by atoms with Crippen LogP contribution < -0.4 is 10.5 Å². The van der Waals surface area contributed by atoms with Crippen molar-refractivity contribution in [1.29, 1.82) is 0 Å². The molecule has 1 aliphatic rings. The number of carbonyl (C=O) groups excluding carboxylic acids is 1. The Kier molecular flexibility index (Phi) is 4.13. The molecule has 1 atom stereocenters. The van der Waals surface area contributed by atoms with Crippen molar-refractivity contribution in [3.05, 3.63) is 29.8 Å². The first-order chi connectivity index (χ1) is 9.10. The van der Waals surface area contributed by atoms with Crippen molar-refractivity contribution in [2.24, 2.45) is 11.1 Å². The summed E-state index contributed by atoms with van der Waals surface area (Å²) < 4.78 is 5.18.